The summed E-state index contributed by atoms with van der Waals surface area (Å²) in [5.74, 6) is 7.11. The molecule has 8 aromatic rings. The van der Waals surface area contributed by atoms with E-state index in [4.69, 9.17) is 21.5 Å². The van der Waals surface area contributed by atoms with E-state index in [-0.39, 0.29) is 0 Å². The predicted octanol–water partition coefficient (Wildman–Crippen LogP) is 10.6. The van der Waals surface area contributed by atoms with Crippen LogP contribution in [0.5, 0.6) is 0 Å². The van der Waals surface area contributed by atoms with E-state index in [0.29, 0.717) is 11.5 Å². The lowest BCUT2D eigenvalue weighted by Crippen LogP contribution is -2.25. The highest BCUT2D eigenvalue weighted by atomic mass is 15.4. The Hall–Kier alpha value is -6.56. The SMILES string of the molecule is Nc1ccccc1N(N)c1ccc(-c2ccc3ccc(-c4ccc(-c5cc(-c6ccccc6)nc(-c6ccccc6)n5)cc4)cc3c2)cc1. The van der Waals surface area contributed by atoms with Crippen molar-refractivity contribution in [2.45, 2.75) is 0 Å². The van der Waals surface area contributed by atoms with Crippen LogP contribution in [0.25, 0.3) is 66.9 Å². The molecule has 0 aliphatic heterocycles. The van der Waals surface area contributed by atoms with Crippen LogP contribution in [-0.4, -0.2) is 9.97 Å². The second-order valence-corrected chi connectivity index (χ2v) is 12.0. The molecule has 0 unspecified atom stereocenters. The van der Waals surface area contributed by atoms with Crippen LogP contribution in [0.15, 0.2) is 176 Å². The van der Waals surface area contributed by atoms with Crippen molar-refractivity contribution in [3.63, 3.8) is 0 Å². The normalized spacial score (nSPS) is 11.0. The van der Waals surface area contributed by atoms with E-state index >= 15 is 0 Å². The third-order valence-corrected chi connectivity index (χ3v) is 8.86. The minimum Gasteiger partial charge on any atom is -0.397 e. The number of benzene rings is 7. The minimum atomic E-state index is 0.637. The van der Waals surface area contributed by atoms with Crippen LogP contribution in [0.2, 0.25) is 0 Å². The first kappa shape index (κ1) is 29.8. The summed E-state index contributed by atoms with van der Waals surface area (Å²) in [6, 6.07) is 60.1. The van der Waals surface area contributed by atoms with Crippen molar-refractivity contribution in [2.24, 2.45) is 5.84 Å². The molecule has 0 aliphatic carbocycles. The Kier molecular flexibility index (Phi) is 7.86. The molecule has 4 N–H and O–H groups in total. The molecule has 0 radical (unpaired) electrons. The number of hydrogen-bond acceptors (Lipinski definition) is 5. The van der Waals surface area contributed by atoms with Gasteiger partial charge in [-0.2, -0.15) is 0 Å². The first-order chi connectivity index (χ1) is 24.1. The van der Waals surface area contributed by atoms with Crippen molar-refractivity contribution in [3.8, 4) is 56.2 Å². The Bertz CT molecular complexity index is 2330. The molecule has 0 amide bonds. The maximum Gasteiger partial charge on any atom is 0.160 e. The van der Waals surface area contributed by atoms with Gasteiger partial charge in [-0.05, 0) is 75.5 Å². The van der Waals surface area contributed by atoms with Gasteiger partial charge in [0.25, 0.3) is 0 Å². The molecule has 5 nitrogen and oxygen atoms in total. The van der Waals surface area contributed by atoms with Crippen LogP contribution in [0.4, 0.5) is 17.1 Å². The first-order valence-electron chi connectivity index (χ1n) is 16.2. The van der Waals surface area contributed by atoms with E-state index in [1.807, 2.05) is 84.9 Å². The standard InChI is InChI=1S/C44H33N5/c45-40-13-7-8-14-43(40)49(46)39-25-23-31(24-26-39)37-22-18-32-17-21-36(27-38(32)28-37)30-15-19-34(20-16-30)42-29-41(33-9-3-1-4-10-33)47-44(48-42)35-11-5-2-6-12-35/h1-29H,45-46H2. The van der Waals surface area contributed by atoms with Gasteiger partial charge in [-0.25, -0.2) is 15.8 Å². The van der Waals surface area contributed by atoms with E-state index in [1.54, 1.807) is 5.01 Å². The number of hydrazine groups is 1. The molecule has 0 spiro atoms. The van der Waals surface area contributed by atoms with Gasteiger partial charge in [0, 0.05) is 16.7 Å². The van der Waals surface area contributed by atoms with Crippen molar-refractivity contribution in [1.29, 1.82) is 0 Å². The summed E-state index contributed by atoms with van der Waals surface area (Å²) in [5.41, 5.74) is 17.8. The number of para-hydroxylation sites is 2. The number of aromatic nitrogens is 2. The molecular formula is C44H33N5. The average Bonchev–Trinajstić information content (AvgIpc) is 3.18. The highest BCUT2D eigenvalue weighted by Crippen LogP contribution is 2.33. The lowest BCUT2D eigenvalue weighted by atomic mass is 9.96. The Morgan fingerprint density at radius 2 is 0.857 bits per heavy atom. The Balaban J connectivity index is 1.08. The second kappa shape index (κ2) is 12.9. The number of nitrogens with two attached hydrogens (primary N) is 2. The van der Waals surface area contributed by atoms with E-state index in [2.05, 4.69) is 91.0 Å². The molecule has 1 heterocycles. The quantitative estimate of drug-likeness (QED) is 0.104. The van der Waals surface area contributed by atoms with Gasteiger partial charge >= 0.3 is 0 Å². The molecule has 8 rings (SSSR count). The number of nitrogens with zero attached hydrogens (tertiary/aromatic N) is 3. The molecule has 1 aromatic heterocycles. The zero-order valence-corrected chi connectivity index (χ0v) is 26.7. The van der Waals surface area contributed by atoms with E-state index in [9.17, 15) is 0 Å². The van der Waals surface area contributed by atoms with Crippen molar-refractivity contribution < 1.29 is 0 Å². The first-order valence-corrected chi connectivity index (χ1v) is 16.2. The van der Waals surface area contributed by atoms with Crippen molar-refractivity contribution in [1.82, 2.24) is 9.97 Å². The van der Waals surface area contributed by atoms with Crippen molar-refractivity contribution in [2.75, 3.05) is 10.7 Å². The molecule has 0 aliphatic rings. The monoisotopic (exact) mass is 631 g/mol. The van der Waals surface area contributed by atoms with Gasteiger partial charge < -0.3 is 5.73 Å². The molecule has 5 heteroatoms. The molecule has 0 bridgehead atoms. The van der Waals surface area contributed by atoms with Crippen LogP contribution in [0, 0.1) is 0 Å². The summed E-state index contributed by atoms with van der Waals surface area (Å²) in [6.45, 7) is 0. The molecule has 7 aromatic carbocycles. The maximum atomic E-state index is 6.40. The average molecular weight is 632 g/mol. The van der Waals surface area contributed by atoms with E-state index in [1.165, 1.54) is 10.8 Å². The van der Waals surface area contributed by atoms with Crippen LogP contribution >= 0.6 is 0 Å². The number of rotatable bonds is 7. The fourth-order valence-corrected chi connectivity index (χ4v) is 6.17. The minimum absolute atomic E-state index is 0.637. The highest BCUT2D eigenvalue weighted by Gasteiger charge is 2.12. The summed E-state index contributed by atoms with van der Waals surface area (Å²) in [6.07, 6.45) is 0. The van der Waals surface area contributed by atoms with Gasteiger partial charge in [0.1, 0.15) is 0 Å². The van der Waals surface area contributed by atoms with Crippen molar-refractivity contribution >= 4 is 27.8 Å². The summed E-state index contributed by atoms with van der Waals surface area (Å²) >= 11 is 0. The van der Waals surface area contributed by atoms with E-state index in [0.717, 1.165) is 61.7 Å². The topological polar surface area (TPSA) is 81.1 Å². The van der Waals surface area contributed by atoms with Crippen LogP contribution in [-0.2, 0) is 0 Å². The molecule has 234 valence electrons. The van der Waals surface area contributed by atoms with Gasteiger partial charge in [0.05, 0.1) is 28.5 Å². The third-order valence-electron chi connectivity index (χ3n) is 8.86. The second-order valence-electron chi connectivity index (χ2n) is 12.0. The van der Waals surface area contributed by atoms with Crippen LogP contribution in [0.1, 0.15) is 0 Å². The van der Waals surface area contributed by atoms with E-state index < -0.39 is 0 Å². The Morgan fingerprint density at radius 3 is 1.45 bits per heavy atom. The van der Waals surface area contributed by atoms with Gasteiger partial charge in [-0.15, -0.1) is 0 Å². The summed E-state index contributed by atoms with van der Waals surface area (Å²) in [4.78, 5) is 9.92. The highest BCUT2D eigenvalue weighted by molar-refractivity contribution is 5.91. The smallest absolute Gasteiger partial charge is 0.160 e. The number of anilines is 3. The Morgan fingerprint density at radius 1 is 0.388 bits per heavy atom. The third kappa shape index (κ3) is 6.14. The lowest BCUT2D eigenvalue weighted by molar-refractivity contribution is 1.09. The summed E-state index contributed by atoms with van der Waals surface area (Å²) in [7, 11) is 0. The van der Waals surface area contributed by atoms with Crippen molar-refractivity contribution in [3.05, 3.63) is 176 Å². The molecule has 0 saturated carbocycles. The zero-order chi connectivity index (χ0) is 33.2. The number of fused-ring (bicyclic) bond motifs is 1. The van der Waals surface area contributed by atoms with Gasteiger partial charge in [-0.3, -0.25) is 5.01 Å². The fraction of sp³-hybridized carbons (Fsp3) is 0. The molecule has 0 fully saturated rings. The molecule has 0 saturated heterocycles. The lowest BCUT2D eigenvalue weighted by Gasteiger charge is -2.20. The largest absolute Gasteiger partial charge is 0.397 e. The van der Waals surface area contributed by atoms with Crippen LogP contribution in [0.3, 0.4) is 0 Å². The summed E-state index contributed by atoms with van der Waals surface area (Å²) < 4.78 is 0. The Labute approximate surface area is 285 Å². The molecular weight excluding hydrogens is 599 g/mol. The van der Waals surface area contributed by atoms with Gasteiger partial charge in [0.15, 0.2) is 5.82 Å². The summed E-state index contributed by atoms with van der Waals surface area (Å²) in [5, 5.41) is 3.99. The number of nitrogen functional groups attached to an aromatic ring is 1. The van der Waals surface area contributed by atoms with Gasteiger partial charge in [-0.1, -0.05) is 133 Å². The van der Waals surface area contributed by atoms with Gasteiger partial charge in [0.2, 0.25) is 0 Å². The fourth-order valence-electron chi connectivity index (χ4n) is 6.17. The predicted molar refractivity (Wildman–Crippen MR) is 204 cm³/mol. The van der Waals surface area contributed by atoms with Crippen LogP contribution < -0.4 is 16.6 Å². The maximum absolute atomic E-state index is 6.40. The zero-order valence-electron chi connectivity index (χ0n) is 26.7. The number of hydrogen-bond donors (Lipinski definition) is 2. The molecule has 49 heavy (non-hydrogen) atoms. The molecule has 0 atom stereocenters.